The second-order valence-electron chi connectivity index (χ2n) is 9.30. The average Bonchev–Trinajstić information content (AvgIpc) is 3.23. The van der Waals surface area contributed by atoms with E-state index in [4.69, 9.17) is 0 Å². The van der Waals surface area contributed by atoms with Crippen molar-refractivity contribution in [3.05, 3.63) is 76.1 Å². The van der Waals surface area contributed by atoms with Gasteiger partial charge in [0.25, 0.3) is 11.8 Å². The van der Waals surface area contributed by atoms with Crippen molar-refractivity contribution < 1.29 is 9.59 Å². The summed E-state index contributed by atoms with van der Waals surface area (Å²) in [5.74, 6) is 0.809. The van der Waals surface area contributed by atoms with E-state index in [-0.39, 0.29) is 17.2 Å². The lowest BCUT2D eigenvalue weighted by molar-refractivity contribution is 0.0771. The van der Waals surface area contributed by atoms with Crippen LogP contribution in [-0.4, -0.2) is 47.9 Å². The van der Waals surface area contributed by atoms with Gasteiger partial charge in [-0.15, -0.1) is 11.3 Å². The molecule has 7 heteroatoms. The van der Waals surface area contributed by atoms with Gasteiger partial charge in [0.05, 0.1) is 16.8 Å². The number of nitrogens with one attached hydrogen (secondary N) is 1. The molecular formula is C26H30N4O2S. The number of amides is 2. The minimum absolute atomic E-state index is 0.0519. The molecule has 2 amide bonds. The lowest BCUT2D eigenvalue weighted by Crippen LogP contribution is -2.35. The molecule has 1 N–H and O–H groups in total. The summed E-state index contributed by atoms with van der Waals surface area (Å²) in [6.45, 7) is 9.44. The predicted molar refractivity (Wildman–Crippen MR) is 134 cm³/mol. The van der Waals surface area contributed by atoms with Crippen LogP contribution in [0.25, 0.3) is 0 Å². The van der Waals surface area contributed by atoms with Gasteiger partial charge in [0.15, 0.2) is 0 Å². The highest BCUT2D eigenvalue weighted by Gasteiger charge is 2.21. The molecule has 3 aromatic rings. The van der Waals surface area contributed by atoms with E-state index < -0.39 is 0 Å². The Hall–Kier alpha value is -3.19. The number of hydrogen-bond donors (Lipinski definition) is 1. The Morgan fingerprint density at radius 2 is 1.76 bits per heavy atom. The number of benzene rings is 1. The zero-order chi connectivity index (χ0) is 23.4. The number of anilines is 2. The van der Waals surface area contributed by atoms with Crippen LogP contribution in [0.5, 0.6) is 0 Å². The lowest BCUT2D eigenvalue weighted by atomic mass is 9.87. The Kier molecular flexibility index (Phi) is 6.79. The third kappa shape index (κ3) is 5.60. The molecule has 172 valence electrons. The van der Waals surface area contributed by atoms with Crippen molar-refractivity contribution in [2.24, 2.45) is 0 Å². The standard InChI is InChI=1S/C26H30N4O2S/c1-26(2,3)20-9-7-19(8-10-20)24(31)28-21-11-12-23(27-18-21)29-13-5-14-30(16-15-29)25(32)22-6-4-17-33-22/h4,6-12,17-18H,5,13-16H2,1-3H3,(H,28,31). The van der Waals surface area contributed by atoms with E-state index in [2.05, 4.69) is 36.0 Å². The average molecular weight is 463 g/mol. The van der Waals surface area contributed by atoms with Crippen molar-refractivity contribution in [2.45, 2.75) is 32.6 Å². The molecule has 1 aromatic carbocycles. The smallest absolute Gasteiger partial charge is 0.263 e. The van der Waals surface area contributed by atoms with Crippen LogP contribution in [0.1, 0.15) is 52.8 Å². The summed E-state index contributed by atoms with van der Waals surface area (Å²) in [7, 11) is 0. The van der Waals surface area contributed by atoms with Gasteiger partial charge in [-0.25, -0.2) is 4.98 Å². The molecular weight excluding hydrogens is 432 g/mol. The first-order valence-electron chi connectivity index (χ1n) is 11.3. The minimum atomic E-state index is -0.150. The highest BCUT2D eigenvalue weighted by molar-refractivity contribution is 7.12. The Bertz CT molecular complexity index is 1090. The van der Waals surface area contributed by atoms with Gasteiger partial charge in [-0.1, -0.05) is 39.0 Å². The summed E-state index contributed by atoms with van der Waals surface area (Å²) < 4.78 is 0. The molecule has 6 nitrogen and oxygen atoms in total. The second kappa shape index (κ2) is 9.75. The Labute approximate surface area is 199 Å². The van der Waals surface area contributed by atoms with E-state index in [1.807, 2.05) is 58.8 Å². The van der Waals surface area contributed by atoms with Crippen molar-refractivity contribution in [1.29, 1.82) is 0 Å². The zero-order valence-corrected chi connectivity index (χ0v) is 20.2. The highest BCUT2D eigenvalue weighted by Crippen LogP contribution is 2.23. The molecule has 0 radical (unpaired) electrons. The normalized spacial score (nSPS) is 14.6. The molecule has 0 saturated carbocycles. The van der Waals surface area contributed by atoms with Gasteiger partial charge in [-0.2, -0.15) is 0 Å². The van der Waals surface area contributed by atoms with E-state index >= 15 is 0 Å². The van der Waals surface area contributed by atoms with Crippen LogP contribution < -0.4 is 10.2 Å². The van der Waals surface area contributed by atoms with Crippen LogP contribution in [0.4, 0.5) is 11.5 Å². The van der Waals surface area contributed by atoms with Crippen molar-refractivity contribution in [3.63, 3.8) is 0 Å². The fraction of sp³-hybridized carbons (Fsp3) is 0.346. The van der Waals surface area contributed by atoms with Crippen LogP contribution in [0.2, 0.25) is 0 Å². The second-order valence-corrected chi connectivity index (χ2v) is 10.2. The molecule has 1 saturated heterocycles. The summed E-state index contributed by atoms with van der Waals surface area (Å²) in [6, 6.07) is 15.3. The summed E-state index contributed by atoms with van der Waals surface area (Å²) in [5.41, 5.74) is 2.53. The van der Waals surface area contributed by atoms with Crippen LogP contribution in [-0.2, 0) is 5.41 Å². The molecule has 4 rings (SSSR count). The Morgan fingerprint density at radius 3 is 2.39 bits per heavy atom. The number of pyridine rings is 1. The number of carbonyl (C=O) groups excluding carboxylic acids is 2. The quantitative estimate of drug-likeness (QED) is 0.590. The fourth-order valence-corrected chi connectivity index (χ4v) is 4.57. The molecule has 1 aliphatic rings. The van der Waals surface area contributed by atoms with Crippen molar-refractivity contribution in [2.75, 3.05) is 36.4 Å². The molecule has 3 heterocycles. The van der Waals surface area contributed by atoms with Gasteiger partial charge >= 0.3 is 0 Å². The van der Waals surface area contributed by atoms with Gasteiger partial charge in [0.2, 0.25) is 0 Å². The molecule has 1 fully saturated rings. The van der Waals surface area contributed by atoms with Crippen molar-refractivity contribution in [1.82, 2.24) is 9.88 Å². The van der Waals surface area contributed by atoms with Gasteiger partial charge in [0.1, 0.15) is 5.82 Å². The molecule has 0 spiro atoms. The number of thiophene rings is 1. The van der Waals surface area contributed by atoms with E-state index in [9.17, 15) is 9.59 Å². The first-order chi connectivity index (χ1) is 15.8. The number of aromatic nitrogens is 1. The van der Waals surface area contributed by atoms with Gasteiger partial charge in [0, 0.05) is 31.7 Å². The van der Waals surface area contributed by atoms with E-state index in [1.165, 1.54) is 16.9 Å². The maximum absolute atomic E-state index is 12.7. The van der Waals surface area contributed by atoms with Crippen molar-refractivity contribution >= 4 is 34.7 Å². The zero-order valence-electron chi connectivity index (χ0n) is 19.4. The molecule has 1 aliphatic heterocycles. The fourth-order valence-electron chi connectivity index (χ4n) is 3.88. The molecule has 0 bridgehead atoms. The molecule has 0 atom stereocenters. The maximum atomic E-state index is 12.7. The predicted octanol–water partition coefficient (Wildman–Crippen LogP) is 5.05. The van der Waals surface area contributed by atoms with Crippen LogP contribution in [0.15, 0.2) is 60.1 Å². The monoisotopic (exact) mass is 462 g/mol. The largest absolute Gasteiger partial charge is 0.355 e. The van der Waals surface area contributed by atoms with Gasteiger partial charge < -0.3 is 15.1 Å². The van der Waals surface area contributed by atoms with E-state index in [1.54, 1.807) is 6.20 Å². The first kappa shape index (κ1) is 23.0. The minimum Gasteiger partial charge on any atom is -0.355 e. The maximum Gasteiger partial charge on any atom is 0.263 e. The van der Waals surface area contributed by atoms with E-state index in [0.29, 0.717) is 17.8 Å². The summed E-state index contributed by atoms with van der Waals surface area (Å²) >= 11 is 1.48. The topological polar surface area (TPSA) is 65.5 Å². The Balaban J connectivity index is 1.35. The number of hydrogen-bond acceptors (Lipinski definition) is 5. The lowest BCUT2D eigenvalue weighted by Gasteiger charge is -2.22. The summed E-state index contributed by atoms with van der Waals surface area (Å²) in [4.78, 5) is 34.7. The van der Waals surface area contributed by atoms with E-state index in [0.717, 1.165) is 36.8 Å². The molecule has 0 unspecified atom stereocenters. The third-order valence-electron chi connectivity index (χ3n) is 5.86. The van der Waals surface area contributed by atoms with Crippen LogP contribution in [0.3, 0.4) is 0 Å². The Morgan fingerprint density at radius 1 is 0.970 bits per heavy atom. The highest BCUT2D eigenvalue weighted by atomic mass is 32.1. The summed E-state index contributed by atoms with van der Waals surface area (Å²) in [6.07, 6.45) is 2.58. The van der Waals surface area contributed by atoms with Crippen LogP contribution >= 0.6 is 11.3 Å². The third-order valence-corrected chi connectivity index (χ3v) is 6.72. The molecule has 0 aliphatic carbocycles. The van der Waals surface area contributed by atoms with Gasteiger partial charge in [-0.05, 0) is 53.1 Å². The number of nitrogens with zero attached hydrogens (tertiary/aromatic N) is 3. The molecule has 33 heavy (non-hydrogen) atoms. The van der Waals surface area contributed by atoms with Crippen LogP contribution in [0, 0.1) is 0 Å². The first-order valence-corrected chi connectivity index (χ1v) is 12.1. The van der Waals surface area contributed by atoms with Gasteiger partial charge in [-0.3, -0.25) is 9.59 Å². The SMILES string of the molecule is CC(C)(C)c1ccc(C(=O)Nc2ccc(N3CCCN(C(=O)c4cccs4)CC3)nc2)cc1. The number of carbonyl (C=O) groups is 2. The molecule has 2 aromatic heterocycles. The summed E-state index contributed by atoms with van der Waals surface area (Å²) in [5, 5.41) is 4.86. The number of rotatable bonds is 4. The van der Waals surface area contributed by atoms with Crippen molar-refractivity contribution in [3.8, 4) is 0 Å².